The van der Waals surface area contributed by atoms with Crippen LogP contribution in [-0.4, -0.2) is 10.3 Å². The molecule has 0 aliphatic rings. The van der Waals surface area contributed by atoms with Crippen molar-refractivity contribution < 1.29 is 0 Å². The zero-order valence-corrected chi connectivity index (χ0v) is 13.0. The summed E-state index contributed by atoms with van der Waals surface area (Å²) in [4.78, 5) is 8.28. The summed E-state index contributed by atoms with van der Waals surface area (Å²) in [6, 6.07) is 13.9. The average molecular weight is 346 g/mol. The first kappa shape index (κ1) is 15.3. The van der Waals surface area contributed by atoms with Gasteiger partial charge in [-0.25, -0.2) is 9.98 Å². The lowest BCUT2D eigenvalue weighted by Gasteiger charge is -1.99. The van der Waals surface area contributed by atoms with Crippen LogP contribution < -0.4 is 0 Å². The molecule has 0 aliphatic heterocycles. The van der Waals surface area contributed by atoms with E-state index >= 15 is 0 Å². The van der Waals surface area contributed by atoms with Crippen molar-refractivity contribution in [1.82, 2.24) is 0 Å². The van der Waals surface area contributed by atoms with Gasteiger partial charge in [-0.2, -0.15) is 0 Å². The summed E-state index contributed by atoms with van der Waals surface area (Å²) in [5.41, 5.74) is 1.20. The number of aliphatic imine (C=N–C) groups is 2. The first-order valence-corrected chi connectivity index (χ1v) is 7.05. The second-order valence-corrected chi connectivity index (χ2v) is 5.35. The molecule has 0 radical (unpaired) electrons. The van der Waals surface area contributed by atoms with Crippen LogP contribution in [0.5, 0.6) is 0 Å². The highest BCUT2D eigenvalue weighted by molar-refractivity contribution is 7.00. The van der Waals surface area contributed by atoms with Crippen molar-refractivity contribution in [3.63, 3.8) is 0 Å². The molecule has 0 amide bonds. The number of rotatable bonds is 3. The van der Waals surface area contributed by atoms with Gasteiger partial charge in [0, 0.05) is 10.0 Å². The van der Waals surface area contributed by atoms with Crippen LogP contribution >= 0.6 is 46.4 Å². The minimum absolute atomic E-state index is 0.0777. The highest BCUT2D eigenvalue weighted by Crippen LogP contribution is 2.21. The maximum atomic E-state index is 6.02. The summed E-state index contributed by atoms with van der Waals surface area (Å²) in [7, 11) is 0. The quantitative estimate of drug-likeness (QED) is 0.589. The Kier molecular flexibility index (Phi) is 5.44. The van der Waals surface area contributed by atoms with E-state index in [9.17, 15) is 0 Å². The molecule has 2 nitrogen and oxygen atoms in total. The molecule has 0 unspecified atom stereocenters. The molecular formula is C14H8Cl4N2. The van der Waals surface area contributed by atoms with Crippen molar-refractivity contribution in [2.45, 2.75) is 0 Å². The molecule has 2 aromatic carbocycles. The molecule has 2 aromatic rings. The SMILES string of the molecule is ClC(=Nc1cccc(Cl)c1)C(Cl)=Nc1cccc(Cl)c1. The van der Waals surface area contributed by atoms with Crippen molar-refractivity contribution in [2.24, 2.45) is 9.98 Å². The van der Waals surface area contributed by atoms with Gasteiger partial charge in [0.1, 0.15) is 0 Å². The minimum atomic E-state index is 0.0777. The molecule has 6 heteroatoms. The maximum Gasteiger partial charge on any atom is 0.166 e. The largest absolute Gasteiger partial charge is 0.233 e. The van der Waals surface area contributed by atoms with Gasteiger partial charge < -0.3 is 0 Å². The van der Waals surface area contributed by atoms with E-state index < -0.39 is 0 Å². The molecule has 0 bridgehead atoms. The van der Waals surface area contributed by atoms with Crippen LogP contribution in [0.1, 0.15) is 0 Å². The van der Waals surface area contributed by atoms with Crippen LogP contribution in [0.4, 0.5) is 11.4 Å². The fourth-order valence-corrected chi connectivity index (χ4v) is 2.06. The van der Waals surface area contributed by atoms with Gasteiger partial charge in [0.25, 0.3) is 0 Å². The molecule has 0 N–H and O–H groups in total. The highest BCUT2D eigenvalue weighted by atomic mass is 35.5. The fourth-order valence-electron chi connectivity index (χ4n) is 1.41. The summed E-state index contributed by atoms with van der Waals surface area (Å²) < 4.78 is 0. The number of hydrogen-bond donors (Lipinski definition) is 0. The second-order valence-electron chi connectivity index (χ2n) is 3.76. The lowest BCUT2D eigenvalue weighted by molar-refractivity contribution is 1.52. The molecule has 20 heavy (non-hydrogen) atoms. The van der Waals surface area contributed by atoms with Gasteiger partial charge in [0.15, 0.2) is 10.3 Å². The molecule has 0 atom stereocenters. The maximum absolute atomic E-state index is 6.02. The Bertz CT molecular complexity index is 621. The zero-order valence-electron chi connectivity index (χ0n) is 10.0. The summed E-state index contributed by atoms with van der Waals surface area (Å²) in [5.74, 6) is 0. The van der Waals surface area contributed by atoms with Crippen molar-refractivity contribution in [1.29, 1.82) is 0 Å². The normalized spacial score (nSPS) is 12.6. The Balaban J connectivity index is 2.26. The molecule has 0 heterocycles. The van der Waals surface area contributed by atoms with E-state index in [1.54, 1.807) is 48.5 Å². The molecule has 0 spiro atoms. The van der Waals surface area contributed by atoms with E-state index in [1.165, 1.54) is 0 Å². The smallest absolute Gasteiger partial charge is 0.166 e. The van der Waals surface area contributed by atoms with Crippen molar-refractivity contribution in [2.75, 3.05) is 0 Å². The lowest BCUT2D eigenvalue weighted by Crippen LogP contribution is -1.98. The second kappa shape index (κ2) is 7.09. The third kappa shape index (κ3) is 4.50. The first-order chi connectivity index (χ1) is 9.54. The van der Waals surface area contributed by atoms with E-state index in [1.807, 2.05) is 0 Å². The van der Waals surface area contributed by atoms with Crippen LogP contribution in [0.15, 0.2) is 58.5 Å². The average Bonchev–Trinajstić information content (AvgIpc) is 2.38. The third-order valence-corrected chi connectivity index (χ3v) is 3.34. The molecule has 102 valence electrons. The standard InChI is InChI=1S/C14H8Cl4N2/c15-9-3-1-5-11(7-9)19-13(17)14(18)20-12-6-2-4-10(16)8-12/h1-8H. The van der Waals surface area contributed by atoms with Gasteiger partial charge in [-0.15, -0.1) is 0 Å². The Morgan fingerprint density at radius 2 is 1.10 bits per heavy atom. The zero-order chi connectivity index (χ0) is 14.5. The Morgan fingerprint density at radius 1 is 0.700 bits per heavy atom. The summed E-state index contributed by atoms with van der Waals surface area (Å²) in [5, 5.41) is 1.29. The van der Waals surface area contributed by atoms with E-state index in [-0.39, 0.29) is 10.3 Å². The Morgan fingerprint density at radius 3 is 1.45 bits per heavy atom. The van der Waals surface area contributed by atoms with E-state index in [0.717, 1.165) is 0 Å². The number of benzene rings is 2. The molecule has 0 fully saturated rings. The van der Waals surface area contributed by atoms with Crippen LogP contribution in [0.2, 0.25) is 10.0 Å². The van der Waals surface area contributed by atoms with E-state index in [0.29, 0.717) is 21.4 Å². The Labute approximate surface area is 136 Å². The lowest BCUT2D eigenvalue weighted by atomic mass is 10.3. The van der Waals surface area contributed by atoms with Crippen LogP contribution in [-0.2, 0) is 0 Å². The first-order valence-electron chi connectivity index (χ1n) is 5.54. The van der Waals surface area contributed by atoms with Gasteiger partial charge in [-0.05, 0) is 36.4 Å². The third-order valence-electron chi connectivity index (χ3n) is 2.24. The van der Waals surface area contributed by atoms with Crippen molar-refractivity contribution in [3.8, 4) is 0 Å². The van der Waals surface area contributed by atoms with Crippen LogP contribution in [0, 0.1) is 0 Å². The van der Waals surface area contributed by atoms with Gasteiger partial charge >= 0.3 is 0 Å². The molecular weight excluding hydrogens is 338 g/mol. The number of hydrogen-bond acceptors (Lipinski definition) is 2. The predicted molar refractivity (Wildman–Crippen MR) is 88.8 cm³/mol. The number of nitrogens with zero attached hydrogens (tertiary/aromatic N) is 2. The van der Waals surface area contributed by atoms with Gasteiger partial charge in [0.05, 0.1) is 11.4 Å². The van der Waals surface area contributed by atoms with Crippen LogP contribution in [0.25, 0.3) is 0 Å². The topological polar surface area (TPSA) is 24.7 Å². The molecule has 0 saturated carbocycles. The molecule has 0 aliphatic carbocycles. The van der Waals surface area contributed by atoms with Gasteiger partial charge in [-0.3, -0.25) is 0 Å². The predicted octanol–water partition coefficient (Wildman–Crippen LogP) is 6.23. The monoisotopic (exact) mass is 344 g/mol. The minimum Gasteiger partial charge on any atom is -0.233 e. The van der Waals surface area contributed by atoms with Crippen molar-refractivity contribution >= 4 is 68.1 Å². The van der Waals surface area contributed by atoms with Crippen LogP contribution in [0.3, 0.4) is 0 Å². The van der Waals surface area contributed by atoms with Crippen molar-refractivity contribution in [3.05, 3.63) is 58.6 Å². The van der Waals surface area contributed by atoms with E-state index in [4.69, 9.17) is 46.4 Å². The van der Waals surface area contributed by atoms with Gasteiger partial charge in [-0.1, -0.05) is 58.5 Å². The van der Waals surface area contributed by atoms with Gasteiger partial charge in [0.2, 0.25) is 0 Å². The molecule has 0 aromatic heterocycles. The number of halogens is 4. The summed E-state index contributed by atoms with van der Waals surface area (Å²) in [6.07, 6.45) is 0. The fraction of sp³-hybridized carbons (Fsp3) is 0. The summed E-state index contributed by atoms with van der Waals surface area (Å²) in [6.45, 7) is 0. The highest BCUT2D eigenvalue weighted by Gasteiger charge is 2.04. The Hall–Kier alpha value is -1.06. The summed E-state index contributed by atoms with van der Waals surface area (Å²) >= 11 is 23.8. The molecule has 0 saturated heterocycles. The molecule has 2 rings (SSSR count). The van der Waals surface area contributed by atoms with E-state index in [2.05, 4.69) is 9.98 Å².